The molecule has 2 fully saturated rings. The Bertz CT molecular complexity index is 356. The van der Waals surface area contributed by atoms with Crippen molar-refractivity contribution in [2.45, 2.75) is 37.1 Å². The van der Waals surface area contributed by atoms with Gasteiger partial charge in [0.05, 0.1) is 0 Å². The Morgan fingerprint density at radius 3 is 2.59 bits per heavy atom. The van der Waals surface area contributed by atoms with E-state index in [9.17, 15) is 0 Å². The minimum absolute atomic E-state index is 0.268. The molecule has 2 aliphatic rings. The average molecular weight is 232 g/mol. The molecule has 0 radical (unpaired) electrons. The first-order chi connectivity index (χ1) is 8.39. The highest BCUT2D eigenvalue weighted by atomic mass is 16.5. The summed E-state index contributed by atoms with van der Waals surface area (Å²) in [5.41, 5.74) is 1.69. The molecule has 0 atom stereocenters. The number of pyridine rings is 1. The average Bonchev–Trinajstić information content (AvgIpc) is 3.23. The largest absolute Gasteiger partial charge is 0.381 e. The molecule has 1 N–H and O–H groups in total. The molecule has 17 heavy (non-hydrogen) atoms. The highest BCUT2D eigenvalue weighted by Gasteiger charge is 2.35. The van der Waals surface area contributed by atoms with Gasteiger partial charge in [-0.2, -0.15) is 0 Å². The maximum Gasteiger partial charge on any atom is 0.0475 e. The van der Waals surface area contributed by atoms with E-state index in [4.69, 9.17) is 4.74 Å². The Morgan fingerprint density at radius 1 is 1.24 bits per heavy atom. The highest BCUT2D eigenvalue weighted by molar-refractivity contribution is 5.24. The summed E-state index contributed by atoms with van der Waals surface area (Å²) < 4.78 is 5.53. The summed E-state index contributed by atoms with van der Waals surface area (Å²) in [6.07, 6.45) is 8.76. The van der Waals surface area contributed by atoms with E-state index in [-0.39, 0.29) is 5.41 Å². The Hall–Kier alpha value is -0.930. The van der Waals surface area contributed by atoms with Gasteiger partial charge < -0.3 is 10.1 Å². The lowest BCUT2D eigenvalue weighted by Crippen LogP contribution is -2.43. The van der Waals surface area contributed by atoms with Crippen LogP contribution < -0.4 is 5.32 Å². The monoisotopic (exact) mass is 232 g/mol. The number of rotatable bonds is 4. The second-order valence-corrected chi connectivity index (χ2v) is 5.28. The predicted molar refractivity (Wildman–Crippen MR) is 67.0 cm³/mol. The van der Waals surface area contributed by atoms with Crippen LogP contribution in [-0.4, -0.2) is 30.8 Å². The molecule has 1 saturated carbocycles. The molecule has 0 bridgehead atoms. The second kappa shape index (κ2) is 4.75. The molecular formula is C14H20N2O. The van der Waals surface area contributed by atoms with Crippen LogP contribution in [0.5, 0.6) is 0 Å². The SMILES string of the molecule is c1cc(C2(CNC3CC3)CCOCC2)ccn1. The van der Waals surface area contributed by atoms with Gasteiger partial charge in [-0.1, -0.05) is 0 Å². The van der Waals surface area contributed by atoms with Crippen LogP contribution in [0.25, 0.3) is 0 Å². The molecule has 1 aromatic rings. The van der Waals surface area contributed by atoms with Crippen molar-refractivity contribution < 1.29 is 4.74 Å². The first kappa shape index (κ1) is 11.2. The van der Waals surface area contributed by atoms with Crippen molar-refractivity contribution in [1.82, 2.24) is 10.3 Å². The molecule has 1 aliphatic heterocycles. The smallest absolute Gasteiger partial charge is 0.0475 e. The van der Waals surface area contributed by atoms with Crippen LogP contribution in [0.4, 0.5) is 0 Å². The number of hydrogen-bond acceptors (Lipinski definition) is 3. The Morgan fingerprint density at radius 2 is 1.94 bits per heavy atom. The predicted octanol–water partition coefficient (Wildman–Crippen LogP) is 1.88. The first-order valence-corrected chi connectivity index (χ1v) is 6.61. The quantitative estimate of drug-likeness (QED) is 0.860. The van der Waals surface area contributed by atoms with E-state index in [2.05, 4.69) is 22.4 Å². The molecule has 1 aliphatic carbocycles. The van der Waals surface area contributed by atoms with Gasteiger partial charge in [0.25, 0.3) is 0 Å². The zero-order valence-electron chi connectivity index (χ0n) is 10.2. The molecule has 0 aromatic carbocycles. The van der Waals surface area contributed by atoms with Crippen LogP contribution >= 0.6 is 0 Å². The third kappa shape index (κ3) is 2.50. The molecule has 0 amide bonds. The minimum Gasteiger partial charge on any atom is -0.381 e. The van der Waals surface area contributed by atoms with Crippen molar-refractivity contribution in [3.05, 3.63) is 30.1 Å². The standard InChI is InChI=1S/C14H20N2O/c1-2-13(1)16-11-14(5-9-17-10-6-14)12-3-7-15-8-4-12/h3-4,7-8,13,16H,1-2,5-6,9-11H2. The molecule has 3 nitrogen and oxygen atoms in total. The lowest BCUT2D eigenvalue weighted by Gasteiger charge is -2.38. The summed E-state index contributed by atoms with van der Waals surface area (Å²) in [7, 11) is 0. The molecule has 3 rings (SSSR count). The van der Waals surface area contributed by atoms with Crippen molar-refractivity contribution >= 4 is 0 Å². The fourth-order valence-corrected chi connectivity index (χ4v) is 2.66. The summed E-state index contributed by atoms with van der Waals surface area (Å²) in [6.45, 7) is 2.86. The number of hydrogen-bond donors (Lipinski definition) is 1. The zero-order chi connectivity index (χ0) is 11.6. The fourth-order valence-electron chi connectivity index (χ4n) is 2.66. The summed E-state index contributed by atoms with van der Waals surface area (Å²) in [4.78, 5) is 4.13. The van der Waals surface area contributed by atoms with Crippen LogP contribution in [-0.2, 0) is 10.2 Å². The topological polar surface area (TPSA) is 34.1 Å². The van der Waals surface area contributed by atoms with Gasteiger partial charge in [-0.3, -0.25) is 4.98 Å². The number of aromatic nitrogens is 1. The molecule has 1 aromatic heterocycles. The van der Waals surface area contributed by atoms with Gasteiger partial charge in [0.15, 0.2) is 0 Å². The van der Waals surface area contributed by atoms with Crippen LogP contribution in [0.1, 0.15) is 31.2 Å². The normalized spacial score (nSPS) is 23.5. The van der Waals surface area contributed by atoms with Gasteiger partial charge in [-0.05, 0) is 43.4 Å². The van der Waals surface area contributed by atoms with E-state index in [1.165, 1.54) is 18.4 Å². The molecule has 0 spiro atoms. The highest BCUT2D eigenvalue weighted by Crippen LogP contribution is 2.35. The Labute approximate surface area is 103 Å². The molecule has 2 heterocycles. The van der Waals surface area contributed by atoms with Crippen molar-refractivity contribution in [2.24, 2.45) is 0 Å². The van der Waals surface area contributed by atoms with Crippen LogP contribution in [0.2, 0.25) is 0 Å². The van der Waals surface area contributed by atoms with Gasteiger partial charge in [-0.25, -0.2) is 0 Å². The van der Waals surface area contributed by atoms with Crippen LogP contribution in [0.3, 0.4) is 0 Å². The molecular weight excluding hydrogens is 212 g/mol. The van der Waals surface area contributed by atoms with Crippen molar-refractivity contribution in [3.8, 4) is 0 Å². The number of nitrogens with one attached hydrogen (secondary N) is 1. The molecule has 92 valence electrons. The lowest BCUT2D eigenvalue weighted by atomic mass is 9.74. The lowest BCUT2D eigenvalue weighted by molar-refractivity contribution is 0.0497. The Kier molecular flexibility index (Phi) is 3.12. The first-order valence-electron chi connectivity index (χ1n) is 6.61. The zero-order valence-corrected chi connectivity index (χ0v) is 10.2. The summed E-state index contributed by atoms with van der Waals surface area (Å²) in [6, 6.07) is 5.11. The van der Waals surface area contributed by atoms with E-state index >= 15 is 0 Å². The third-order valence-corrected chi connectivity index (χ3v) is 4.05. The number of nitrogens with zero attached hydrogens (tertiary/aromatic N) is 1. The fraction of sp³-hybridized carbons (Fsp3) is 0.643. The van der Waals surface area contributed by atoms with Crippen LogP contribution in [0, 0.1) is 0 Å². The summed E-state index contributed by atoms with van der Waals surface area (Å²) >= 11 is 0. The van der Waals surface area contributed by atoms with Gasteiger partial charge >= 0.3 is 0 Å². The maximum absolute atomic E-state index is 5.53. The maximum atomic E-state index is 5.53. The minimum atomic E-state index is 0.268. The molecule has 0 unspecified atom stereocenters. The third-order valence-electron chi connectivity index (χ3n) is 4.05. The number of ether oxygens (including phenoxy) is 1. The van der Waals surface area contributed by atoms with E-state index in [0.29, 0.717) is 0 Å². The van der Waals surface area contributed by atoms with Crippen molar-refractivity contribution in [3.63, 3.8) is 0 Å². The van der Waals surface area contributed by atoms with Gasteiger partial charge in [0, 0.05) is 43.6 Å². The van der Waals surface area contributed by atoms with Gasteiger partial charge in [0.2, 0.25) is 0 Å². The Balaban J connectivity index is 1.78. The summed E-state index contributed by atoms with van der Waals surface area (Å²) in [5.74, 6) is 0. The van der Waals surface area contributed by atoms with E-state index in [1.54, 1.807) is 0 Å². The molecule has 1 saturated heterocycles. The second-order valence-electron chi connectivity index (χ2n) is 5.28. The van der Waals surface area contributed by atoms with Crippen molar-refractivity contribution in [2.75, 3.05) is 19.8 Å². The van der Waals surface area contributed by atoms with E-state index in [1.807, 2.05) is 12.4 Å². The van der Waals surface area contributed by atoms with Gasteiger partial charge in [-0.15, -0.1) is 0 Å². The van der Waals surface area contributed by atoms with E-state index < -0.39 is 0 Å². The molecule has 3 heteroatoms. The van der Waals surface area contributed by atoms with E-state index in [0.717, 1.165) is 38.6 Å². The van der Waals surface area contributed by atoms with Gasteiger partial charge in [0.1, 0.15) is 0 Å². The summed E-state index contributed by atoms with van der Waals surface area (Å²) in [5, 5.41) is 3.69. The van der Waals surface area contributed by atoms with Crippen LogP contribution in [0.15, 0.2) is 24.5 Å². The van der Waals surface area contributed by atoms with Crippen molar-refractivity contribution in [1.29, 1.82) is 0 Å².